The maximum atomic E-state index is 12.3. The molecule has 0 aromatic heterocycles. The molecule has 8 aliphatic carbocycles. The van der Waals surface area contributed by atoms with E-state index in [1.165, 1.54) is 57.8 Å². The number of hydrogen-bond acceptors (Lipinski definition) is 2. The fourth-order valence-corrected chi connectivity index (χ4v) is 10.4. The van der Waals surface area contributed by atoms with Gasteiger partial charge in [0.1, 0.15) is 0 Å². The number of aliphatic hydroxyl groups is 1. The van der Waals surface area contributed by atoms with Gasteiger partial charge in [-0.15, -0.1) is 0 Å². The first-order valence-electron chi connectivity index (χ1n) is 10.7. The minimum absolute atomic E-state index is 0.184. The Balaban J connectivity index is 1.45. The molecule has 8 aliphatic rings. The van der Waals surface area contributed by atoms with Crippen molar-refractivity contribution in [3.8, 4) is 0 Å². The van der Waals surface area contributed by atoms with Crippen LogP contribution in [0.3, 0.4) is 0 Å². The summed E-state index contributed by atoms with van der Waals surface area (Å²) in [5.41, 5.74) is 0.426. The zero-order valence-corrected chi connectivity index (χ0v) is 15.3. The van der Waals surface area contributed by atoms with Crippen LogP contribution in [0.5, 0.6) is 0 Å². The molecule has 0 aromatic rings. The highest BCUT2D eigenvalue weighted by Gasteiger charge is 2.70. The van der Waals surface area contributed by atoms with Crippen LogP contribution in [0.4, 0.5) is 0 Å². The molecule has 4 unspecified atom stereocenters. The van der Waals surface area contributed by atoms with Crippen LogP contribution >= 0.6 is 0 Å². The highest BCUT2D eigenvalue weighted by Crippen LogP contribution is 2.78. The molecule has 0 heterocycles. The first-order chi connectivity index (χ1) is 11.9. The van der Waals surface area contributed by atoms with Gasteiger partial charge in [0.15, 0.2) is 0 Å². The molecule has 0 radical (unpaired) electrons. The molecular formula is C22H32O3. The van der Waals surface area contributed by atoms with Crippen LogP contribution in [0.2, 0.25) is 0 Å². The molecule has 3 nitrogen and oxygen atoms in total. The Morgan fingerprint density at radius 2 is 1.24 bits per heavy atom. The summed E-state index contributed by atoms with van der Waals surface area (Å²) < 4.78 is 0. The Morgan fingerprint density at radius 1 is 0.760 bits per heavy atom. The van der Waals surface area contributed by atoms with Crippen molar-refractivity contribution in [2.75, 3.05) is 6.61 Å². The average Bonchev–Trinajstić information content (AvgIpc) is 2.52. The first kappa shape index (κ1) is 15.5. The minimum Gasteiger partial charge on any atom is -0.481 e. The molecule has 4 atom stereocenters. The lowest BCUT2D eigenvalue weighted by Gasteiger charge is -2.73. The Labute approximate surface area is 150 Å². The summed E-state index contributed by atoms with van der Waals surface area (Å²) in [4.78, 5) is 12.3. The average molecular weight is 344 g/mol. The van der Waals surface area contributed by atoms with Crippen LogP contribution in [0.25, 0.3) is 0 Å². The zero-order valence-electron chi connectivity index (χ0n) is 15.3. The van der Waals surface area contributed by atoms with Crippen LogP contribution in [0.15, 0.2) is 0 Å². The highest BCUT2D eigenvalue weighted by atomic mass is 16.4. The summed E-state index contributed by atoms with van der Waals surface area (Å²) in [7, 11) is 0. The van der Waals surface area contributed by atoms with Crippen molar-refractivity contribution in [1.82, 2.24) is 0 Å². The van der Waals surface area contributed by atoms with E-state index in [9.17, 15) is 15.0 Å². The van der Waals surface area contributed by atoms with E-state index >= 15 is 0 Å². The molecule has 25 heavy (non-hydrogen) atoms. The van der Waals surface area contributed by atoms with Gasteiger partial charge in [0.25, 0.3) is 0 Å². The Bertz CT molecular complexity index is 609. The van der Waals surface area contributed by atoms with Gasteiger partial charge < -0.3 is 10.2 Å². The highest BCUT2D eigenvalue weighted by molar-refractivity contribution is 5.75. The van der Waals surface area contributed by atoms with E-state index in [0.29, 0.717) is 23.9 Å². The summed E-state index contributed by atoms with van der Waals surface area (Å²) in [5.74, 6) is 2.45. The molecule has 0 aromatic carbocycles. The largest absolute Gasteiger partial charge is 0.481 e. The van der Waals surface area contributed by atoms with E-state index in [2.05, 4.69) is 0 Å². The number of carboxylic acid groups (broad SMARTS) is 1. The topological polar surface area (TPSA) is 57.5 Å². The van der Waals surface area contributed by atoms with Gasteiger partial charge >= 0.3 is 5.97 Å². The molecule has 0 spiro atoms. The van der Waals surface area contributed by atoms with Crippen LogP contribution in [-0.4, -0.2) is 22.8 Å². The fourth-order valence-electron chi connectivity index (χ4n) is 10.4. The minimum atomic E-state index is -0.493. The molecule has 8 saturated carbocycles. The predicted molar refractivity (Wildman–Crippen MR) is 93.8 cm³/mol. The van der Waals surface area contributed by atoms with Gasteiger partial charge in [-0.1, -0.05) is 0 Å². The standard InChI is InChI=1S/C22H32O3/c23-13-19-3-14-1-15(4-19)8-21(7-14,11-19)22-9-16-2-17(10-22)6-20(5-16,12-22)18(24)25/h14-17,23H,1-13H2,(H,24,25). The smallest absolute Gasteiger partial charge is 0.309 e. The Kier molecular flexibility index (Phi) is 2.76. The third-order valence-corrected chi connectivity index (χ3v) is 10.2. The summed E-state index contributed by atoms with van der Waals surface area (Å²) in [6.45, 7) is 0.370. The second-order valence-corrected chi connectivity index (χ2v) is 11.7. The summed E-state index contributed by atoms with van der Waals surface area (Å²) >= 11 is 0. The molecule has 8 rings (SSSR count). The molecule has 8 fully saturated rings. The quantitative estimate of drug-likeness (QED) is 0.805. The predicted octanol–water partition coefficient (Wildman–Crippen LogP) is 4.24. The lowest BCUT2D eigenvalue weighted by molar-refractivity contribution is -0.244. The van der Waals surface area contributed by atoms with Crippen LogP contribution in [0.1, 0.15) is 77.0 Å². The Morgan fingerprint density at radius 3 is 1.72 bits per heavy atom. The van der Waals surface area contributed by atoms with Gasteiger partial charge in [-0.25, -0.2) is 0 Å². The van der Waals surface area contributed by atoms with Crippen molar-refractivity contribution >= 4 is 5.97 Å². The number of aliphatic hydroxyl groups excluding tert-OH is 1. The van der Waals surface area contributed by atoms with Gasteiger partial charge in [0.05, 0.1) is 5.41 Å². The van der Waals surface area contributed by atoms with E-state index < -0.39 is 11.4 Å². The number of rotatable bonds is 3. The fraction of sp³-hybridized carbons (Fsp3) is 0.955. The van der Waals surface area contributed by atoms with Crippen molar-refractivity contribution in [2.45, 2.75) is 77.0 Å². The molecule has 0 saturated heterocycles. The number of carbonyl (C=O) groups is 1. The van der Waals surface area contributed by atoms with E-state index in [1.54, 1.807) is 0 Å². The van der Waals surface area contributed by atoms with Gasteiger partial charge in [-0.3, -0.25) is 4.79 Å². The SMILES string of the molecule is O=C(O)C12CC3CC(C1)CC(C14CC5CC(CC(CO)(C5)C1)C4)(C3)C2. The number of aliphatic carboxylic acids is 1. The molecule has 8 bridgehead atoms. The van der Waals surface area contributed by atoms with E-state index in [1.807, 2.05) is 0 Å². The van der Waals surface area contributed by atoms with Crippen molar-refractivity contribution in [1.29, 1.82) is 0 Å². The third-order valence-electron chi connectivity index (χ3n) is 10.2. The summed E-state index contributed by atoms with van der Waals surface area (Å²) in [6, 6.07) is 0. The lowest BCUT2D eigenvalue weighted by atomic mass is 9.31. The summed E-state index contributed by atoms with van der Waals surface area (Å²) in [6.07, 6.45) is 14.6. The first-order valence-corrected chi connectivity index (χ1v) is 10.7. The zero-order chi connectivity index (χ0) is 17.1. The normalized spacial score (nSPS) is 61.0. The monoisotopic (exact) mass is 344 g/mol. The second kappa shape index (κ2) is 4.46. The van der Waals surface area contributed by atoms with Crippen molar-refractivity contribution < 1.29 is 15.0 Å². The molecule has 0 amide bonds. The van der Waals surface area contributed by atoms with Crippen LogP contribution in [-0.2, 0) is 4.79 Å². The van der Waals surface area contributed by atoms with Gasteiger partial charge in [0.2, 0.25) is 0 Å². The van der Waals surface area contributed by atoms with E-state index in [-0.39, 0.29) is 10.8 Å². The number of hydrogen-bond donors (Lipinski definition) is 2. The Hall–Kier alpha value is -0.570. The molecule has 3 heteroatoms. The van der Waals surface area contributed by atoms with Crippen LogP contribution in [0, 0.1) is 45.3 Å². The third kappa shape index (κ3) is 1.79. The van der Waals surface area contributed by atoms with Crippen molar-refractivity contribution in [3.63, 3.8) is 0 Å². The molecular weight excluding hydrogens is 312 g/mol. The van der Waals surface area contributed by atoms with Crippen molar-refractivity contribution in [3.05, 3.63) is 0 Å². The van der Waals surface area contributed by atoms with Gasteiger partial charge in [-0.2, -0.15) is 0 Å². The maximum absolute atomic E-state index is 12.3. The number of carboxylic acids is 1. The second-order valence-electron chi connectivity index (χ2n) is 11.7. The van der Waals surface area contributed by atoms with Crippen LogP contribution < -0.4 is 0 Å². The molecule has 0 aliphatic heterocycles. The lowest BCUT2D eigenvalue weighted by Crippen LogP contribution is -2.65. The molecule has 2 N–H and O–H groups in total. The van der Waals surface area contributed by atoms with E-state index in [4.69, 9.17) is 0 Å². The van der Waals surface area contributed by atoms with Gasteiger partial charge in [0, 0.05) is 6.61 Å². The van der Waals surface area contributed by atoms with Crippen molar-refractivity contribution in [2.24, 2.45) is 45.3 Å². The maximum Gasteiger partial charge on any atom is 0.309 e. The summed E-state index contributed by atoms with van der Waals surface area (Å²) in [5, 5.41) is 20.4. The van der Waals surface area contributed by atoms with Gasteiger partial charge in [-0.05, 0) is 117 Å². The molecule has 138 valence electrons. The van der Waals surface area contributed by atoms with E-state index in [0.717, 1.165) is 31.1 Å².